The summed E-state index contributed by atoms with van der Waals surface area (Å²) in [6.07, 6.45) is 9.15. The fourth-order valence-electron chi connectivity index (χ4n) is 3.30. The van der Waals surface area contributed by atoms with Crippen molar-refractivity contribution in [3.05, 3.63) is 23.3 Å². The number of fused-ring (bicyclic) bond motifs is 1. The number of allylic oxidation sites excluding steroid dienone is 4. The van der Waals surface area contributed by atoms with Gasteiger partial charge in [0.2, 0.25) is 0 Å². The monoisotopic (exact) mass is 262 g/mol. The summed E-state index contributed by atoms with van der Waals surface area (Å²) in [5.41, 5.74) is 3.09. The van der Waals surface area contributed by atoms with Gasteiger partial charge in [0, 0.05) is 5.92 Å². The Morgan fingerprint density at radius 1 is 1.32 bits per heavy atom. The quantitative estimate of drug-likeness (QED) is 0.528. The maximum Gasteiger partial charge on any atom is 0.309 e. The number of rotatable bonds is 6. The lowest BCUT2D eigenvalue weighted by Crippen LogP contribution is -2.13. The molecule has 2 heteroatoms. The summed E-state index contributed by atoms with van der Waals surface area (Å²) in [5.74, 6) is 0.739. The number of carbonyl (C=O) groups excluding carboxylic acids is 1. The van der Waals surface area contributed by atoms with Crippen LogP contribution in [0.2, 0.25) is 0 Å². The zero-order chi connectivity index (χ0) is 14.0. The lowest BCUT2D eigenvalue weighted by atomic mass is 9.96. The molecule has 0 N–H and O–H groups in total. The van der Waals surface area contributed by atoms with Crippen LogP contribution in [-0.4, -0.2) is 12.6 Å². The summed E-state index contributed by atoms with van der Waals surface area (Å²) in [5, 5.41) is 0. The van der Waals surface area contributed by atoms with Crippen molar-refractivity contribution in [3.8, 4) is 0 Å². The van der Waals surface area contributed by atoms with Gasteiger partial charge in [-0.2, -0.15) is 0 Å². The van der Waals surface area contributed by atoms with Crippen LogP contribution in [0.4, 0.5) is 0 Å². The Morgan fingerprint density at radius 3 is 2.63 bits per heavy atom. The molecule has 0 radical (unpaired) electrons. The molecular formula is C17H26O2. The SMILES string of the molecule is CC(C)=CCCC(C)=CCCC1(C)C2COC(=O)C21. The molecule has 1 saturated carbocycles. The Balaban J connectivity index is 1.72. The maximum absolute atomic E-state index is 11.5. The maximum atomic E-state index is 11.5. The second-order valence-electron chi connectivity index (χ2n) is 6.63. The van der Waals surface area contributed by atoms with Gasteiger partial charge >= 0.3 is 5.97 Å². The van der Waals surface area contributed by atoms with Crippen molar-refractivity contribution in [1.82, 2.24) is 0 Å². The van der Waals surface area contributed by atoms with Crippen LogP contribution < -0.4 is 0 Å². The molecule has 2 rings (SSSR count). The summed E-state index contributed by atoms with van der Waals surface area (Å²) < 4.78 is 5.05. The van der Waals surface area contributed by atoms with Crippen LogP contribution in [0.15, 0.2) is 23.3 Å². The average Bonchev–Trinajstić information content (AvgIpc) is 2.68. The second-order valence-corrected chi connectivity index (χ2v) is 6.63. The summed E-state index contributed by atoms with van der Waals surface area (Å²) >= 11 is 0. The minimum absolute atomic E-state index is 0.0387. The molecule has 0 amide bonds. The first-order valence-electron chi connectivity index (χ1n) is 7.41. The van der Waals surface area contributed by atoms with Gasteiger partial charge in [0.15, 0.2) is 0 Å². The third-order valence-electron chi connectivity index (χ3n) is 4.78. The van der Waals surface area contributed by atoms with Crippen LogP contribution >= 0.6 is 0 Å². The minimum Gasteiger partial charge on any atom is -0.465 e. The smallest absolute Gasteiger partial charge is 0.309 e. The van der Waals surface area contributed by atoms with E-state index in [4.69, 9.17) is 4.74 Å². The summed E-state index contributed by atoms with van der Waals surface area (Å²) in [6.45, 7) is 9.40. The molecule has 0 bridgehead atoms. The number of carbonyl (C=O) groups is 1. The van der Waals surface area contributed by atoms with Crippen LogP contribution in [0, 0.1) is 17.3 Å². The van der Waals surface area contributed by atoms with Gasteiger partial charge in [-0.1, -0.05) is 30.2 Å². The Hall–Kier alpha value is -1.05. The molecule has 1 aliphatic carbocycles. The van der Waals surface area contributed by atoms with E-state index >= 15 is 0 Å². The molecule has 3 unspecified atom stereocenters. The molecule has 2 nitrogen and oxygen atoms in total. The number of hydrogen-bond donors (Lipinski definition) is 0. The number of esters is 1. The third kappa shape index (κ3) is 3.10. The molecule has 3 atom stereocenters. The van der Waals surface area contributed by atoms with Crippen LogP contribution in [0.5, 0.6) is 0 Å². The first-order valence-corrected chi connectivity index (χ1v) is 7.41. The Morgan fingerprint density at radius 2 is 2.05 bits per heavy atom. The zero-order valence-corrected chi connectivity index (χ0v) is 12.7. The Bertz CT molecular complexity index is 415. The highest BCUT2D eigenvalue weighted by molar-refractivity contribution is 5.80. The number of ether oxygens (including phenoxy) is 1. The van der Waals surface area contributed by atoms with E-state index in [0.29, 0.717) is 12.5 Å². The predicted molar refractivity (Wildman–Crippen MR) is 77.7 cm³/mol. The molecule has 1 aliphatic heterocycles. The first-order chi connectivity index (χ1) is 8.95. The van der Waals surface area contributed by atoms with E-state index in [1.54, 1.807) is 0 Å². The van der Waals surface area contributed by atoms with Crippen molar-refractivity contribution in [2.45, 2.75) is 53.4 Å². The highest BCUT2D eigenvalue weighted by atomic mass is 16.5. The zero-order valence-electron chi connectivity index (χ0n) is 12.7. The van der Waals surface area contributed by atoms with Crippen LogP contribution in [0.3, 0.4) is 0 Å². The highest BCUT2D eigenvalue weighted by Crippen LogP contribution is 2.64. The largest absolute Gasteiger partial charge is 0.465 e. The van der Waals surface area contributed by atoms with Crippen molar-refractivity contribution in [2.24, 2.45) is 17.3 Å². The number of hydrogen-bond acceptors (Lipinski definition) is 2. The van der Waals surface area contributed by atoms with Gasteiger partial charge in [-0.3, -0.25) is 4.79 Å². The lowest BCUT2D eigenvalue weighted by molar-refractivity contribution is -0.143. The summed E-state index contributed by atoms with van der Waals surface area (Å²) in [7, 11) is 0. The van der Waals surface area contributed by atoms with Gasteiger partial charge < -0.3 is 4.74 Å². The molecule has 0 spiro atoms. The molecule has 0 aromatic heterocycles. The van der Waals surface area contributed by atoms with Gasteiger partial charge in [-0.15, -0.1) is 0 Å². The van der Waals surface area contributed by atoms with E-state index in [2.05, 4.69) is 39.8 Å². The van der Waals surface area contributed by atoms with E-state index in [1.165, 1.54) is 11.1 Å². The van der Waals surface area contributed by atoms with Crippen molar-refractivity contribution >= 4 is 5.97 Å². The molecule has 1 saturated heterocycles. The average molecular weight is 262 g/mol. The van der Waals surface area contributed by atoms with Crippen LogP contribution in [0.25, 0.3) is 0 Å². The normalized spacial score (nSPS) is 32.8. The fraction of sp³-hybridized carbons (Fsp3) is 0.706. The van der Waals surface area contributed by atoms with Gasteiger partial charge in [0.1, 0.15) is 0 Å². The Kier molecular flexibility index (Phi) is 4.17. The van der Waals surface area contributed by atoms with Crippen molar-refractivity contribution in [2.75, 3.05) is 6.61 Å². The molecule has 19 heavy (non-hydrogen) atoms. The fourth-order valence-corrected chi connectivity index (χ4v) is 3.30. The van der Waals surface area contributed by atoms with E-state index in [-0.39, 0.29) is 17.3 Å². The molecule has 2 fully saturated rings. The van der Waals surface area contributed by atoms with E-state index in [1.807, 2.05) is 0 Å². The molecule has 1 heterocycles. The standard InChI is InChI=1S/C17H26O2/c1-12(2)7-5-8-13(3)9-6-10-17(4)14-11-19-16(18)15(14)17/h7,9,14-15H,5-6,8,10-11H2,1-4H3. The van der Waals surface area contributed by atoms with Crippen LogP contribution in [-0.2, 0) is 9.53 Å². The molecule has 0 aromatic carbocycles. The summed E-state index contributed by atoms with van der Waals surface area (Å²) in [6, 6.07) is 0. The molecular weight excluding hydrogens is 236 g/mol. The summed E-state index contributed by atoms with van der Waals surface area (Å²) in [4.78, 5) is 11.5. The second kappa shape index (κ2) is 5.52. The van der Waals surface area contributed by atoms with Crippen molar-refractivity contribution in [1.29, 1.82) is 0 Å². The minimum atomic E-state index is 0.0387. The third-order valence-corrected chi connectivity index (χ3v) is 4.78. The van der Waals surface area contributed by atoms with Gasteiger partial charge in [-0.25, -0.2) is 0 Å². The highest BCUT2D eigenvalue weighted by Gasteiger charge is 2.68. The van der Waals surface area contributed by atoms with Gasteiger partial charge in [0.05, 0.1) is 12.5 Å². The molecule has 0 aromatic rings. The van der Waals surface area contributed by atoms with Crippen molar-refractivity contribution in [3.63, 3.8) is 0 Å². The molecule has 106 valence electrons. The first kappa shape index (κ1) is 14.4. The van der Waals surface area contributed by atoms with Crippen LogP contribution in [0.1, 0.15) is 53.4 Å². The lowest BCUT2D eigenvalue weighted by Gasteiger charge is -2.13. The van der Waals surface area contributed by atoms with E-state index in [0.717, 1.165) is 25.7 Å². The number of cyclic esters (lactones) is 1. The van der Waals surface area contributed by atoms with Gasteiger partial charge in [0.25, 0.3) is 0 Å². The van der Waals surface area contributed by atoms with Crippen molar-refractivity contribution < 1.29 is 9.53 Å². The van der Waals surface area contributed by atoms with E-state index < -0.39 is 0 Å². The topological polar surface area (TPSA) is 26.3 Å². The Labute approximate surface area is 116 Å². The van der Waals surface area contributed by atoms with Gasteiger partial charge in [-0.05, 0) is 51.9 Å². The van der Waals surface area contributed by atoms with E-state index in [9.17, 15) is 4.79 Å². The molecule has 2 aliphatic rings. The predicted octanol–water partition coefficient (Wildman–Crippen LogP) is 4.27.